The van der Waals surface area contributed by atoms with Gasteiger partial charge in [0.1, 0.15) is 0 Å². The van der Waals surface area contributed by atoms with Crippen LogP contribution in [0.15, 0.2) is 182 Å². The quantitative estimate of drug-likeness (QED) is 0.159. The molecule has 0 saturated heterocycles. The Kier molecular flexibility index (Phi) is 6.66. The Labute approximate surface area is 329 Å². The van der Waals surface area contributed by atoms with Crippen molar-refractivity contribution in [2.75, 3.05) is 0 Å². The van der Waals surface area contributed by atoms with Gasteiger partial charge in [-0.15, -0.1) is 11.3 Å². The molecule has 0 unspecified atom stereocenters. The Morgan fingerprint density at radius 1 is 0.321 bits per heavy atom. The predicted molar refractivity (Wildman–Crippen MR) is 243 cm³/mol. The molecule has 0 N–H and O–H groups in total. The summed E-state index contributed by atoms with van der Waals surface area (Å²) in [6.45, 7) is 4.79. The van der Waals surface area contributed by atoms with E-state index in [1.807, 2.05) is 11.3 Å². The lowest BCUT2D eigenvalue weighted by Crippen LogP contribution is -2.15. The maximum absolute atomic E-state index is 2.46. The van der Waals surface area contributed by atoms with Gasteiger partial charge in [0.25, 0.3) is 0 Å². The number of rotatable bonds is 3. The van der Waals surface area contributed by atoms with Crippen LogP contribution in [0.1, 0.15) is 25.0 Å². The van der Waals surface area contributed by atoms with Gasteiger partial charge in [-0.3, -0.25) is 0 Å². The molecule has 1 aliphatic carbocycles. The molecule has 12 rings (SSSR count). The van der Waals surface area contributed by atoms with Crippen molar-refractivity contribution in [2.45, 2.75) is 19.3 Å². The predicted octanol–water partition coefficient (Wildman–Crippen LogP) is 16.0. The Balaban J connectivity index is 0.972. The van der Waals surface area contributed by atoms with E-state index < -0.39 is 0 Å². The van der Waals surface area contributed by atoms with Gasteiger partial charge in [-0.25, -0.2) is 0 Å². The lowest BCUT2D eigenvalue weighted by atomic mass is 9.81. The average Bonchev–Trinajstić information content (AvgIpc) is 3.72. The minimum Gasteiger partial charge on any atom is -0.135 e. The summed E-state index contributed by atoms with van der Waals surface area (Å²) in [7, 11) is 0. The molecule has 262 valence electrons. The first-order valence-corrected chi connectivity index (χ1v) is 20.4. The standard InChI is InChI=1S/C55H36S/c1-55(2)48-27-25-38-31-51-47(40-14-10-11-19-50(40)56-51)32-46(38)54(48)45-26-24-37(30-49(45)55)35-20-21-36-29-39(23-22-34(36)28-35)53-43-17-8-6-15-41(43)52(33-12-4-3-5-13-33)42-16-7-9-18-44(42)53/h3-32H,1-2H3. The first-order valence-electron chi connectivity index (χ1n) is 19.6. The molecule has 1 heterocycles. The topological polar surface area (TPSA) is 0 Å². The van der Waals surface area contributed by atoms with E-state index in [1.165, 1.54) is 119 Å². The van der Waals surface area contributed by atoms with Gasteiger partial charge in [-0.2, -0.15) is 0 Å². The Morgan fingerprint density at radius 3 is 1.59 bits per heavy atom. The molecule has 0 aliphatic heterocycles. The van der Waals surface area contributed by atoms with Crippen LogP contribution in [-0.4, -0.2) is 0 Å². The van der Waals surface area contributed by atoms with Gasteiger partial charge in [-0.05, 0) is 135 Å². The van der Waals surface area contributed by atoms with E-state index in [2.05, 4.69) is 196 Å². The van der Waals surface area contributed by atoms with E-state index in [0.29, 0.717) is 0 Å². The highest BCUT2D eigenvalue weighted by atomic mass is 32.1. The number of fused-ring (bicyclic) bond motifs is 11. The largest absolute Gasteiger partial charge is 0.135 e. The van der Waals surface area contributed by atoms with Crippen molar-refractivity contribution >= 4 is 74.6 Å². The third-order valence-electron chi connectivity index (χ3n) is 12.6. The van der Waals surface area contributed by atoms with Crippen LogP contribution in [0.25, 0.3) is 108 Å². The van der Waals surface area contributed by atoms with Crippen molar-refractivity contribution < 1.29 is 0 Å². The smallest absolute Gasteiger partial charge is 0.0361 e. The van der Waals surface area contributed by atoms with Crippen molar-refractivity contribution in [2.24, 2.45) is 0 Å². The molecule has 0 saturated carbocycles. The molecule has 1 aromatic heterocycles. The number of thiophene rings is 1. The Hall–Kier alpha value is -6.54. The Morgan fingerprint density at radius 2 is 0.875 bits per heavy atom. The summed E-state index contributed by atoms with van der Waals surface area (Å²) in [4.78, 5) is 0. The van der Waals surface area contributed by atoms with Crippen LogP contribution >= 0.6 is 11.3 Å². The highest BCUT2D eigenvalue weighted by Gasteiger charge is 2.36. The summed E-state index contributed by atoms with van der Waals surface area (Å²) >= 11 is 1.90. The van der Waals surface area contributed by atoms with Gasteiger partial charge in [0.2, 0.25) is 0 Å². The highest BCUT2D eigenvalue weighted by molar-refractivity contribution is 7.25. The Bertz CT molecular complexity index is 3380. The van der Waals surface area contributed by atoms with Crippen LogP contribution in [0.5, 0.6) is 0 Å². The summed E-state index contributed by atoms with van der Waals surface area (Å²) in [6.07, 6.45) is 0. The van der Waals surface area contributed by atoms with E-state index >= 15 is 0 Å². The normalized spacial score (nSPS) is 13.3. The second kappa shape index (κ2) is 11.7. The summed E-state index contributed by atoms with van der Waals surface area (Å²) in [6, 6.07) is 68.3. The SMILES string of the molecule is CC1(C)c2cc(-c3ccc4cc(-c5c6ccccc6c(-c6ccccc6)c6ccccc56)ccc4c3)ccc2-c2c1ccc1cc3sc4ccccc4c3cc21. The van der Waals surface area contributed by atoms with Crippen LogP contribution < -0.4 is 0 Å². The number of hydrogen-bond acceptors (Lipinski definition) is 1. The number of benzene rings is 10. The van der Waals surface area contributed by atoms with E-state index in [9.17, 15) is 0 Å². The summed E-state index contributed by atoms with van der Waals surface area (Å²) in [5.74, 6) is 0. The zero-order valence-electron chi connectivity index (χ0n) is 31.2. The highest BCUT2D eigenvalue weighted by Crippen LogP contribution is 2.53. The van der Waals surface area contributed by atoms with E-state index in [1.54, 1.807) is 0 Å². The van der Waals surface area contributed by atoms with Crippen molar-refractivity contribution in [3.63, 3.8) is 0 Å². The lowest BCUT2D eigenvalue weighted by molar-refractivity contribution is 0.661. The van der Waals surface area contributed by atoms with Gasteiger partial charge in [0.05, 0.1) is 0 Å². The third kappa shape index (κ3) is 4.53. The third-order valence-corrected chi connectivity index (χ3v) is 13.7. The minimum absolute atomic E-state index is 0.103. The molecule has 0 radical (unpaired) electrons. The first-order chi connectivity index (χ1) is 27.5. The van der Waals surface area contributed by atoms with Crippen LogP contribution in [0, 0.1) is 0 Å². The molecule has 0 amide bonds. The van der Waals surface area contributed by atoms with Crippen LogP contribution in [-0.2, 0) is 5.41 Å². The molecule has 56 heavy (non-hydrogen) atoms. The molecule has 0 atom stereocenters. The van der Waals surface area contributed by atoms with E-state index in [4.69, 9.17) is 0 Å². The van der Waals surface area contributed by atoms with Crippen LogP contribution in [0.3, 0.4) is 0 Å². The summed E-state index contributed by atoms with van der Waals surface area (Å²) < 4.78 is 2.71. The maximum Gasteiger partial charge on any atom is 0.0361 e. The second-order valence-corrected chi connectivity index (χ2v) is 17.1. The molecule has 1 aliphatic rings. The fourth-order valence-electron chi connectivity index (χ4n) is 9.89. The molecule has 0 fully saturated rings. The zero-order valence-corrected chi connectivity index (χ0v) is 32.0. The lowest BCUT2D eigenvalue weighted by Gasteiger charge is -2.22. The molecule has 10 aromatic carbocycles. The van der Waals surface area contributed by atoms with Crippen LogP contribution in [0.2, 0.25) is 0 Å². The average molecular weight is 729 g/mol. The van der Waals surface area contributed by atoms with E-state index in [-0.39, 0.29) is 5.41 Å². The minimum atomic E-state index is -0.103. The number of hydrogen-bond donors (Lipinski definition) is 0. The van der Waals surface area contributed by atoms with Crippen molar-refractivity contribution in [3.05, 3.63) is 193 Å². The molecular formula is C55H36S. The van der Waals surface area contributed by atoms with E-state index in [0.717, 1.165) is 0 Å². The van der Waals surface area contributed by atoms with Gasteiger partial charge in [0, 0.05) is 25.6 Å². The summed E-state index contributed by atoms with van der Waals surface area (Å²) in [5.41, 5.74) is 13.1. The first kappa shape index (κ1) is 31.8. The van der Waals surface area contributed by atoms with Gasteiger partial charge < -0.3 is 0 Å². The van der Waals surface area contributed by atoms with Gasteiger partial charge in [-0.1, -0.05) is 159 Å². The fraction of sp³-hybridized carbons (Fsp3) is 0.0545. The van der Waals surface area contributed by atoms with Crippen molar-refractivity contribution in [3.8, 4) is 44.5 Å². The molecular weight excluding hydrogens is 693 g/mol. The fourth-order valence-corrected chi connectivity index (χ4v) is 11.0. The molecule has 11 aromatic rings. The maximum atomic E-state index is 2.46. The monoisotopic (exact) mass is 728 g/mol. The molecule has 0 bridgehead atoms. The van der Waals surface area contributed by atoms with Gasteiger partial charge in [0.15, 0.2) is 0 Å². The van der Waals surface area contributed by atoms with Crippen molar-refractivity contribution in [1.82, 2.24) is 0 Å². The zero-order chi connectivity index (χ0) is 37.1. The summed E-state index contributed by atoms with van der Waals surface area (Å²) in [5, 5.41) is 13.0. The molecule has 0 spiro atoms. The molecule has 0 nitrogen and oxygen atoms in total. The second-order valence-electron chi connectivity index (χ2n) is 16.0. The van der Waals surface area contributed by atoms with Crippen LogP contribution in [0.4, 0.5) is 0 Å². The molecule has 1 heteroatoms. The van der Waals surface area contributed by atoms with Gasteiger partial charge >= 0.3 is 0 Å². The van der Waals surface area contributed by atoms with Crippen molar-refractivity contribution in [1.29, 1.82) is 0 Å².